The van der Waals surface area contributed by atoms with E-state index in [1.54, 1.807) is 0 Å². The van der Waals surface area contributed by atoms with E-state index in [0.717, 1.165) is 32.5 Å². The Bertz CT molecular complexity index is 654. The molecule has 0 unspecified atom stereocenters. The third-order valence-electron chi connectivity index (χ3n) is 4.62. The van der Waals surface area contributed by atoms with Gasteiger partial charge in [0.05, 0.1) is 6.61 Å². The van der Waals surface area contributed by atoms with Crippen molar-refractivity contribution in [3.05, 3.63) is 36.0 Å². The molecular weight excluding hydrogens is 276 g/mol. The maximum atomic E-state index is 11.8. The Labute approximate surface area is 131 Å². The Balaban J connectivity index is 1.78. The lowest BCUT2D eigenvalue weighted by Gasteiger charge is -2.31. The van der Waals surface area contributed by atoms with Gasteiger partial charge in [-0.3, -0.25) is 0 Å². The first-order chi connectivity index (χ1) is 10.7. The topological polar surface area (TPSA) is 34.5 Å². The summed E-state index contributed by atoms with van der Waals surface area (Å²) in [6.07, 6.45) is 4.15. The van der Waals surface area contributed by atoms with E-state index in [-0.39, 0.29) is 6.09 Å². The zero-order chi connectivity index (χ0) is 15.5. The van der Waals surface area contributed by atoms with Crippen LogP contribution in [0, 0.1) is 0 Å². The van der Waals surface area contributed by atoms with Crippen LogP contribution in [0.25, 0.3) is 10.9 Å². The lowest BCUT2D eigenvalue weighted by atomic mass is 9.89. The second-order valence-corrected chi connectivity index (χ2v) is 5.85. The smallest absolute Gasteiger partial charge is 0.409 e. The molecule has 1 saturated heterocycles. The quantitative estimate of drug-likeness (QED) is 0.858. The minimum absolute atomic E-state index is 0.170. The predicted octanol–water partition coefficient (Wildman–Crippen LogP) is 4.00. The standard InChI is InChI=1S/C18H24N2O2/c1-3-19-13-16(15-7-5-6-8-17(15)19)14-9-11-20(12-10-14)18(21)22-4-2/h5-8,13-14H,3-4,9-12H2,1-2H3. The van der Waals surface area contributed by atoms with Crippen molar-refractivity contribution in [3.63, 3.8) is 0 Å². The molecule has 1 aliphatic heterocycles. The molecule has 4 nitrogen and oxygen atoms in total. The van der Waals surface area contributed by atoms with Crippen molar-refractivity contribution in [2.24, 2.45) is 0 Å². The molecule has 1 amide bonds. The Morgan fingerprint density at radius 3 is 2.64 bits per heavy atom. The SMILES string of the molecule is CCOC(=O)N1CCC(c2cn(CC)c3ccccc23)CC1. The van der Waals surface area contributed by atoms with Crippen LogP contribution >= 0.6 is 0 Å². The van der Waals surface area contributed by atoms with Gasteiger partial charge in [-0.2, -0.15) is 0 Å². The van der Waals surface area contributed by atoms with Crippen molar-refractivity contribution in [2.45, 2.75) is 39.2 Å². The van der Waals surface area contributed by atoms with Crippen LogP contribution in [0.2, 0.25) is 0 Å². The number of para-hydroxylation sites is 1. The van der Waals surface area contributed by atoms with Crippen molar-refractivity contribution in [2.75, 3.05) is 19.7 Å². The number of nitrogens with zero attached hydrogens (tertiary/aromatic N) is 2. The number of fused-ring (bicyclic) bond motifs is 1. The number of rotatable bonds is 3. The molecule has 1 aromatic carbocycles. The average molecular weight is 300 g/mol. The van der Waals surface area contributed by atoms with Gasteiger partial charge in [0, 0.05) is 36.7 Å². The molecule has 0 saturated carbocycles. The van der Waals surface area contributed by atoms with Crippen molar-refractivity contribution in [1.82, 2.24) is 9.47 Å². The molecule has 22 heavy (non-hydrogen) atoms. The maximum absolute atomic E-state index is 11.8. The van der Waals surface area contributed by atoms with Crippen molar-refractivity contribution in [3.8, 4) is 0 Å². The number of benzene rings is 1. The monoisotopic (exact) mass is 300 g/mol. The summed E-state index contributed by atoms with van der Waals surface area (Å²) in [5.74, 6) is 0.531. The maximum Gasteiger partial charge on any atom is 0.409 e. The number of hydrogen-bond donors (Lipinski definition) is 0. The molecule has 3 rings (SSSR count). The molecule has 2 aromatic rings. The largest absolute Gasteiger partial charge is 0.450 e. The number of amides is 1. The number of carbonyl (C=O) groups is 1. The van der Waals surface area contributed by atoms with E-state index in [9.17, 15) is 4.79 Å². The summed E-state index contributed by atoms with van der Waals surface area (Å²) in [4.78, 5) is 13.6. The first-order valence-electron chi connectivity index (χ1n) is 8.24. The molecule has 0 bridgehead atoms. The van der Waals surface area contributed by atoms with Gasteiger partial charge in [-0.25, -0.2) is 4.79 Å². The highest BCUT2D eigenvalue weighted by molar-refractivity contribution is 5.84. The molecule has 1 aromatic heterocycles. The van der Waals surface area contributed by atoms with Crippen LogP contribution < -0.4 is 0 Å². The second kappa shape index (κ2) is 6.42. The van der Waals surface area contributed by atoms with Crippen molar-refractivity contribution in [1.29, 1.82) is 0 Å². The van der Waals surface area contributed by atoms with E-state index in [2.05, 4.69) is 42.0 Å². The number of likely N-dealkylation sites (tertiary alicyclic amines) is 1. The summed E-state index contributed by atoms with van der Waals surface area (Å²) < 4.78 is 7.42. The molecule has 1 fully saturated rings. The Morgan fingerprint density at radius 1 is 1.23 bits per heavy atom. The molecule has 0 aliphatic carbocycles. The molecule has 4 heteroatoms. The minimum Gasteiger partial charge on any atom is -0.450 e. The third kappa shape index (κ3) is 2.70. The second-order valence-electron chi connectivity index (χ2n) is 5.85. The van der Waals surface area contributed by atoms with Crippen LogP contribution in [0.4, 0.5) is 4.79 Å². The van der Waals surface area contributed by atoms with Crippen LogP contribution in [-0.4, -0.2) is 35.3 Å². The summed E-state index contributed by atoms with van der Waals surface area (Å²) >= 11 is 0. The van der Waals surface area contributed by atoms with Gasteiger partial charge < -0.3 is 14.2 Å². The van der Waals surface area contributed by atoms with Gasteiger partial charge in [0.2, 0.25) is 0 Å². The highest BCUT2D eigenvalue weighted by atomic mass is 16.6. The molecule has 2 heterocycles. The van der Waals surface area contributed by atoms with Gasteiger partial charge in [-0.1, -0.05) is 18.2 Å². The normalized spacial score (nSPS) is 16.2. The van der Waals surface area contributed by atoms with E-state index in [4.69, 9.17) is 4.74 Å². The average Bonchev–Trinajstić information content (AvgIpc) is 2.94. The number of hydrogen-bond acceptors (Lipinski definition) is 2. The highest BCUT2D eigenvalue weighted by Gasteiger charge is 2.26. The van der Waals surface area contributed by atoms with Gasteiger partial charge >= 0.3 is 6.09 Å². The minimum atomic E-state index is -0.170. The summed E-state index contributed by atoms with van der Waals surface area (Å²) in [5, 5.41) is 1.36. The lowest BCUT2D eigenvalue weighted by molar-refractivity contribution is 0.0971. The Hall–Kier alpha value is -1.97. The van der Waals surface area contributed by atoms with Crippen LogP contribution in [0.1, 0.15) is 38.2 Å². The van der Waals surface area contributed by atoms with Gasteiger partial charge in [0.15, 0.2) is 0 Å². The molecule has 0 N–H and O–H groups in total. The van der Waals surface area contributed by atoms with Crippen molar-refractivity contribution >= 4 is 17.0 Å². The summed E-state index contributed by atoms with van der Waals surface area (Å²) in [7, 11) is 0. The molecular formula is C18H24N2O2. The van der Waals surface area contributed by atoms with E-state index < -0.39 is 0 Å². The number of piperidine rings is 1. The molecule has 1 aliphatic rings. The van der Waals surface area contributed by atoms with Crippen LogP contribution in [-0.2, 0) is 11.3 Å². The van der Waals surface area contributed by atoms with E-state index in [0.29, 0.717) is 12.5 Å². The molecule has 0 spiro atoms. The lowest BCUT2D eigenvalue weighted by Crippen LogP contribution is -2.38. The van der Waals surface area contributed by atoms with E-state index in [1.165, 1.54) is 16.5 Å². The predicted molar refractivity (Wildman–Crippen MR) is 88.2 cm³/mol. The summed E-state index contributed by atoms with van der Waals surface area (Å²) in [6, 6.07) is 8.62. The number of aryl methyl sites for hydroxylation is 1. The molecule has 118 valence electrons. The zero-order valence-electron chi connectivity index (χ0n) is 13.4. The fourth-order valence-electron chi connectivity index (χ4n) is 3.45. The third-order valence-corrected chi connectivity index (χ3v) is 4.62. The fraction of sp³-hybridized carbons (Fsp3) is 0.500. The fourth-order valence-corrected chi connectivity index (χ4v) is 3.45. The Kier molecular flexibility index (Phi) is 4.36. The summed E-state index contributed by atoms with van der Waals surface area (Å²) in [5.41, 5.74) is 2.74. The molecule has 0 radical (unpaired) electrons. The van der Waals surface area contributed by atoms with Crippen molar-refractivity contribution < 1.29 is 9.53 Å². The Morgan fingerprint density at radius 2 is 1.95 bits per heavy atom. The van der Waals surface area contributed by atoms with Gasteiger partial charge in [0.25, 0.3) is 0 Å². The summed E-state index contributed by atoms with van der Waals surface area (Å²) in [6.45, 7) is 7.04. The van der Waals surface area contributed by atoms with Crippen LogP contribution in [0.15, 0.2) is 30.5 Å². The van der Waals surface area contributed by atoms with Crippen LogP contribution in [0.3, 0.4) is 0 Å². The number of ether oxygens (including phenoxy) is 1. The zero-order valence-corrected chi connectivity index (χ0v) is 13.4. The van der Waals surface area contributed by atoms with E-state index >= 15 is 0 Å². The number of carbonyl (C=O) groups excluding carboxylic acids is 1. The van der Waals surface area contributed by atoms with Gasteiger partial charge in [-0.05, 0) is 44.2 Å². The first-order valence-corrected chi connectivity index (χ1v) is 8.24. The number of aromatic nitrogens is 1. The highest BCUT2D eigenvalue weighted by Crippen LogP contribution is 2.34. The van der Waals surface area contributed by atoms with Gasteiger partial charge in [-0.15, -0.1) is 0 Å². The van der Waals surface area contributed by atoms with E-state index in [1.807, 2.05) is 11.8 Å². The molecule has 0 atom stereocenters. The van der Waals surface area contributed by atoms with Crippen LogP contribution in [0.5, 0.6) is 0 Å². The van der Waals surface area contributed by atoms with Gasteiger partial charge in [0.1, 0.15) is 0 Å². The first kappa shape index (κ1) is 14.9.